The molecule has 24 heavy (non-hydrogen) atoms. The Balaban J connectivity index is 1.65. The average molecular weight is 331 g/mol. The standard InChI is InChI=1S/C18H25N3O3/c1-13-5-8-20(9-6-13)15-4-3-14(11-19-15)16(22)21-10-7-18(2,12-21)17(23)24/h3-4,11,13H,5-10,12H2,1-2H3,(H,23,24). The molecule has 130 valence electrons. The summed E-state index contributed by atoms with van der Waals surface area (Å²) in [7, 11) is 0. The average Bonchev–Trinajstić information content (AvgIpc) is 2.99. The fraction of sp³-hybridized carbons (Fsp3) is 0.611. The molecular weight excluding hydrogens is 306 g/mol. The van der Waals surface area contributed by atoms with Crippen molar-refractivity contribution >= 4 is 17.7 Å². The van der Waals surface area contributed by atoms with E-state index in [1.54, 1.807) is 24.1 Å². The molecule has 6 heteroatoms. The quantitative estimate of drug-likeness (QED) is 0.919. The zero-order valence-corrected chi connectivity index (χ0v) is 14.4. The van der Waals surface area contributed by atoms with E-state index in [-0.39, 0.29) is 12.5 Å². The van der Waals surface area contributed by atoms with Gasteiger partial charge in [-0.2, -0.15) is 0 Å². The maximum absolute atomic E-state index is 12.6. The summed E-state index contributed by atoms with van der Waals surface area (Å²) in [5.74, 6) is 0.702. The number of hydrogen-bond acceptors (Lipinski definition) is 4. The van der Waals surface area contributed by atoms with Gasteiger partial charge in [0.1, 0.15) is 5.82 Å². The number of anilines is 1. The van der Waals surface area contributed by atoms with E-state index in [0.29, 0.717) is 18.5 Å². The predicted octanol–water partition coefficient (Wildman–Crippen LogP) is 2.25. The summed E-state index contributed by atoms with van der Waals surface area (Å²) in [6.45, 7) is 6.71. The molecule has 1 N–H and O–H groups in total. The monoisotopic (exact) mass is 331 g/mol. The molecule has 0 bridgehead atoms. The summed E-state index contributed by atoms with van der Waals surface area (Å²) >= 11 is 0. The molecule has 0 radical (unpaired) electrons. The van der Waals surface area contributed by atoms with Crippen molar-refractivity contribution in [3.05, 3.63) is 23.9 Å². The van der Waals surface area contributed by atoms with Crippen LogP contribution in [0, 0.1) is 11.3 Å². The lowest BCUT2D eigenvalue weighted by atomic mass is 9.90. The predicted molar refractivity (Wildman–Crippen MR) is 91.1 cm³/mol. The number of aromatic nitrogens is 1. The van der Waals surface area contributed by atoms with Gasteiger partial charge in [0, 0.05) is 32.4 Å². The molecule has 3 rings (SSSR count). The molecular formula is C18H25N3O3. The smallest absolute Gasteiger partial charge is 0.311 e. The van der Waals surface area contributed by atoms with Gasteiger partial charge in [0.15, 0.2) is 0 Å². The van der Waals surface area contributed by atoms with Crippen LogP contribution in [0.4, 0.5) is 5.82 Å². The molecule has 1 amide bonds. The Morgan fingerprint density at radius 2 is 1.96 bits per heavy atom. The van der Waals surface area contributed by atoms with Crippen molar-refractivity contribution in [3.63, 3.8) is 0 Å². The number of carbonyl (C=O) groups is 2. The Bertz CT molecular complexity index is 623. The molecule has 1 aromatic rings. The highest BCUT2D eigenvalue weighted by molar-refractivity contribution is 5.95. The summed E-state index contributed by atoms with van der Waals surface area (Å²) in [5.41, 5.74) is -0.313. The van der Waals surface area contributed by atoms with Gasteiger partial charge in [-0.1, -0.05) is 6.92 Å². The molecule has 2 saturated heterocycles. The minimum Gasteiger partial charge on any atom is -0.481 e. The fourth-order valence-corrected chi connectivity index (χ4v) is 3.43. The SMILES string of the molecule is CC1CCN(c2ccc(C(=O)N3CCC(C)(C(=O)O)C3)cn2)CC1. The van der Waals surface area contributed by atoms with Crippen molar-refractivity contribution in [2.75, 3.05) is 31.1 Å². The zero-order chi connectivity index (χ0) is 17.3. The normalized spacial score (nSPS) is 25.1. The lowest BCUT2D eigenvalue weighted by Crippen LogP contribution is -2.35. The van der Waals surface area contributed by atoms with E-state index < -0.39 is 11.4 Å². The van der Waals surface area contributed by atoms with Crippen LogP contribution in [0.15, 0.2) is 18.3 Å². The molecule has 1 unspecified atom stereocenters. The number of rotatable bonds is 3. The maximum Gasteiger partial charge on any atom is 0.311 e. The number of likely N-dealkylation sites (tertiary alicyclic amines) is 1. The first-order valence-corrected chi connectivity index (χ1v) is 8.63. The lowest BCUT2D eigenvalue weighted by molar-refractivity contribution is -0.147. The number of pyridine rings is 1. The number of piperidine rings is 1. The van der Waals surface area contributed by atoms with Crippen molar-refractivity contribution < 1.29 is 14.7 Å². The Morgan fingerprint density at radius 1 is 1.25 bits per heavy atom. The molecule has 2 aliphatic rings. The third-order valence-corrected chi connectivity index (χ3v) is 5.38. The molecule has 2 fully saturated rings. The van der Waals surface area contributed by atoms with Crippen LogP contribution in [-0.2, 0) is 4.79 Å². The number of carbonyl (C=O) groups excluding carboxylic acids is 1. The number of hydrogen-bond donors (Lipinski definition) is 1. The van der Waals surface area contributed by atoms with Crippen LogP contribution in [0.2, 0.25) is 0 Å². The van der Waals surface area contributed by atoms with Crippen LogP contribution in [-0.4, -0.2) is 53.0 Å². The van der Waals surface area contributed by atoms with Gasteiger partial charge in [0.25, 0.3) is 5.91 Å². The fourth-order valence-electron chi connectivity index (χ4n) is 3.43. The molecule has 0 saturated carbocycles. The van der Waals surface area contributed by atoms with Crippen LogP contribution in [0.3, 0.4) is 0 Å². The number of nitrogens with zero attached hydrogens (tertiary/aromatic N) is 3. The molecule has 6 nitrogen and oxygen atoms in total. The first-order chi connectivity index (χ1) is 11.4. The second kappa shape index (κ2) is 6.42. The Morgan fingerprint density at radius 3 is 2.50 bits per heavy atom. The van der Waals surface area contributed by atoms with Gasteiger partial charge in [-0.05, 0) is 44.2 Å². The molecule has 3 heterocycles. The molecule has 2 aliphatic heterocycles. The van der Waals surface area contributed by atoms with Gasteiger partial charge in [-0.25, -0.2) is 4.98 Å². The molecule has 1 atom stereocenters. The largest absolute Gasteiger partial charge is 0.481 e. The van der Waals surface area contributed by atoms with E-state index in [1.807, 2.05) is 6.07 Å². The van der Waals surface area contributed by atoms with Crippen LogP contribution in [0.1, 0.15) is 43.5 Å². The number of carboxylic acids is 1. The first-order valence-electron chi connectivity index (χ1n) is 8.63. The van der Waals surface area contributed by atoms with Crippen LogP contribution in [0.25, 0.3) is 0 Å². The number of aliphatic carboxylic acids is 1. The van der Waals surface area contributed by atoms with Crippen molar-refractivity contribution in [1.29, 1.82) is 0 Å². The highest BCUT2D eigenvalue weighted by Crippen LogP contribution is 2.31. The Labute approximate surface area is 142 Å². The van der Waals surface area contributed by atoms with Crippen molar-refractivity contribution in [1.82, 2.24) is 9.88 Å². The van der Waals surface area contributed by atoms with Gasteiger partial charge in [-0.3, -0.25) is 9.59 Å². The lowest BCUT2D eigenvalue weighted by Gasteiger charge is -2.31. The third kappa shape index (κ3) is 3.23. The summed E-state index contributed by atoms with van der Waals surface area (Å²) in [6, 6.07) is 3.70. The summed E-state index contributed by atoms with van der Waals surface area (Å²) in [4.78, 5) is 32.2. The van der Waals surface area contributed by atoms with Gasteiger partial charge in [0.05, 0.1) is 11.0 Å². The second-order valence-electron chi connectivity index (χ2n) is 7.42. The van der Waals surface area contributed by atoms with Gasteiger partial charge >= 0.3 is 5.97 Å². The Kier molecular flexibility index (Phi) is 4.47. The minimum atomic E-state index is -0.842. The van der Waals surface area contributed by atoms with Gasteiger partial charge < -0.3 is 14.9 Å². The van der Waals surface area contributed by atoms with E-state index >= 15 is 0 Å². The van der Waals surface area contributed by atoms with Crippen molar-refractivity contribution in [2.24, 2.45) is 11.3 Å². The van der Waals surface area contributed by atoms with Gasteiger partial charge in [-0.15, -0.1) is 0 Å². The highest BCUT2D eigenvalue weighted by Gasteiger charge is 2.42. The highest BCUT2D eigenvalue weighted by atomic mass is 16.4. The minimum absolute atomic E-state index is 0.133. The maximum atomic E-state index is 12.6. The number of carboxylic acid groups (broad SMARTS) is 1. The van der Waals surface area contributed by atoms with Crippen LogP contribution in [0.5, 0.6) is 0 Å². The summed E-state index contributed by atoms with van der Waals surface area (Å²) in [6.07, 6.45) is 4.45. The summed E-state index contributed by atoms with van der Waals surface area (Å²) in [5, 5.41) is 9.29. The van der Waals surface area contributed by atoms with Gasteiger partial charge in [0.2, 0.25) is 0 Å². The van der Waals surface area contributed by atoms with E-state index in [9.17, 15) is 14.7 Å². The third-order valence-electron chi connectivity index (χ3n) is 5.38. The molecule has 1 aromatic heterocycles. The van der Waals surface area contributed by atoms with E-state index in [2.05, 4.69) is 16.8 Å². The Hall–Kier alpha value is -2.11. The molecule has 0 aliphatic carbocycles. The van der Waals surface area contributed by atoms with E-state index in [1.165, 1.54) is 12.8 Å². The zero-order valence-electron chi connectivity index (χ0n) is 14.4. The van der Waals surface area contributed by atoms with Crippen LogP contribution < -0.4 is 4.90 Å². The van der Waals surface area contributed by atoms with E-state index in [4.69, 9.17) is 0 Å². The number of amides is 1. The van der Waals surface area contributed by atoms with Crippen molar-refractivity contribution in [2.45, 2.75) is 33.1 Å². The second-order valence-corrected chi connectivity index (χ2v) is 7.42. The molecule has 0 aromatic carbocycles. The van der Waals surface area contributed by atoms with Crippen LogP contribution >= 0.6 is 0 Å². The van der Waals surface area contributed by atoms with E-state index in [0.717, 1.165) is 24.8 Å². The topological polar surface area (TPSA) is 73.7 Å². The van der Waals surface area contributed by atoms with Crippen molar-refractivity contribution in [3.8, 4) is 0 Å². The molecule has 0 spiro atoms. The first kappa shape index (κ1) is 16.7. The summed E-state index contributed by atoms with van der Waals surface area (Å²) < 4.78 is 0.